The van der Waals surface area contributed by atoms with Crippen LogP contribution in [0.2, 0.25) is 0 Å². The Bertz CT molecular complexity index is 1190. The quantitative estimate of drug-likeness (QED) is 0.601. The van der Waals surface area contributed by atoms with E-state index >= 15 is 0 Å². The Morgan fingerprint density at radius 1 is 1.23 bits per heavy atom. The van der Waals surface area contributed by atoms with E-state index in [0.717, 1.165) is 29.7 Å². The number of benzene rings is 1. The van der Waals surface area contributed by atoms with Gasteiger partial charge >= 0.3 is 12.6 Å². The van der Waals surface area contributed by atoms with E-state index in [1.807, 2.05) is 30.3 Å². The number of aromatic nitrogens is 3. The number of urea groups is 1. The first kappa shape index (κ1) is 20.1. The van der Waals surface area contributed by atoms with Crippen LogP contribution in [0, 0.1) is 5.82 Å². The van der Waals surface area contributed by atoms with Gasteiger partial charge in [0.25, 0.3) is 0 Å². The summed E-state index contributed by atoms with van der Waals surface area (Å²) < 4.78 is 54.7. The topological polar surface area (TPSA) is 89.2 Å². The Morgan fingerprint density at radius 2 is 2.00 bits per heavy atom. The van der Waals surface area contributed by atoms with Crippen LogP contribution in [-0.2, 0) is 23.4 Å². The van der Waals surface area contributed by atoms with E-state index in [0.29, 0.717) is 23.9 Å². The summed E-state index contributed by atoms with van der Waals surface area (Å²) in [5.74, 6) is -1.22. The molecule has 2 heterocycles. The lowest BCUT2D eigenvalue weighted by Gasteiger charge is -2.14. The number of nitrogens with one attached hydrogen (secondary N) is 1. The minimum absolute atomic E-state index is 0.0224. The van der Waals surface area contributed by atoms with Crippen molar-refractivity contribution in [3.63, 3.8) is 0 Å². The zero-order chi connectivity index (χ0) is 21.3. The number of carbonyl (C=O) groups excluding carboxylic acids is 1. The molecule has 0 fully saturated rings. The standard InChI is InChI=1S/C19H16F3N5O2S/c20-14-10-27(18(21)22)25-17(14)30(29)26-19(28)24-16-12-7-4-8-15(12)23-9-13(16)11-5-2-1-3-6-11/h1-3,5-6,9-10,18,30H,4,7-8H2,(H,23,24,28). The number of amides is 2. The average molecular weight is 435 g/mol. The summed E-state index contributed by atoms with van der Waals surface area (Å²) in [6.45, 7) is -3.10. The fraction of sp³-hybridized carbons (Fsp3) is 0.211. The summed E-state index contributed by atoms with van der Waals surface area (Å²) in [6, 6.07) is 8.28. The molecule has 1 aliphatic rings. The van der Waals surface area contributed by atoms with Crippen LogP contribution in [-0.4, -0.2) is 25.0 Å². The number of alkyl halides is 2. The molecule has 0 spiro atoms. The van der Waals surface area contributed by atoms with Gasteiger partial charge in [-0.05, 0) is 30.4 Å². The fourth-order valence-electron chi connectivity index (χ4n) is 3.34. The number of hydrogen-bond acceptors (Lipinski definition) is 4. The maximum atomic E-state index is 13.8. The van der Waals surface area contributed by atoms with Gasteiger partial charge in [0.2, 0.25) is 0 Å². The predicted octanol–water partition coefficient (Wildman–Crippen LogP) is 4.22. The number of aryl methyl sites for hydroxylation is 1. The van der Waals surface area contributed by atoms with E-state index < -0.39 is 34.0 Å². The summed E-state index contributed by atoms with van der Waals surface area (Å²) >= 11 is 0. The molecule has 0 saturated heterocycles. The van der Waals surface area contributed by atoms with Crippen molar-refractivity contribution in [2.45, 2.75) is 30.8 Å². The molecule has 1 unspecified atom stereocenters. The van der Waals surface area contributed by atoms with Gasteiger partial charge in [0.15, 0.2) is 10.8 Å². The van der Waals surface area contributed by atoms with Gasteiger partial charge in [0.05, 0.1) is 22.5 Å². The number of thiol groups is 1. The van der Waals surface area contributed by atoms with E-state index in [-0.39, 0.29) is 4.68 Å². The van der Waals surface area contributed by atoms with Crippen LogP contribution < -0.4 is 5.32 Å². The average Bonchev–Trinajstić information content (AvgIpc) is 3.35. The second kappa shape index (κ2) is 8.27. The van der Waals surface area contributed by atoms with Gasteiger partial charge in [0, 0.05) is 17.5 Å². The van der Waals surface area contributed by atoms with Crippen LogP contribution >= 0.6 is 0 Å². The molecule has 11 heteroatoms. The lowest BCUT2D eigenvalue weighted by Crippen LogP contribution is -2.11. The molecule has 0 radical (unpaired) electrons. The normalized spacial score (nSPS) is 14.1. The number of pyridine rings is 1. The second-order valence-corrected chi connectivity index (χ2v) is 7.72. The highest BCUT2D eigenvalue weighted by atomic mass is 32.2. The number of nitrogens with zero attached hydrogens (tertiary/aromatic N) is 4. The predicted molar refractivity (Wildman–Crippen MR) is 104 cm³/mol. The third-order valence-corrected chi connectivity index (χ3v) is 5.69. The third kappa shape index (κ3) is 3.92. The molecule has 4 rings (SSSR count). The molecule has 2 amide bonds. The second-order valence-electron chi connectivity index (χ2n) is 6.55. The minimum atomic E-state index is -3.10. The molecule has 2 aromatic heterocycles. The lowest BCUT2D eigenvalue weighted by molar-refractivity contribution is 0.0552. The molecule has 1 aliphatic carbocycles. The van der Waals surface area contributed by atoms with Crippen LogP contribution in [0.1, 0.15) is 24.2 Å². The smallest absolute Gasteiger partial charge is 0.305 e. The summed E-state index contributed by atoms with van der Waals surface area (Å²) in [7, 11) is -3.00. The van der Waals surface area contributed by atoms with Crippen LogP contribution in [0.25, 0.3) is 11.1 Å². The molecule has 7 nitrogen and oxygen atoms in total. The van der Waals surface area contributed by atoms with Gasteiger partial charge < -0.3 is 5.32 Å². The molecule has 1 atom stereocenters. The number of fused-ring (bicyclic) bond motifs is 1. The summed E-state index contributed by atoms with van der Waals surface area (Å²) in [5.41, 5.74) is 3.71. The van der Waals surface area contributed by atoms with Crippen LogP contribution in [0.5, 0.6) is 0 Å². The first-order valence-electron chi connectivity index (χ1n) is 9.03. The molecule has 1 N–H and O–H groups in total. The van der Waals surface area contributed by atoms with Gasteiger partial charge in [0.1, 0.15) is 0 Å². The Kier molecular flexibility index (Phi) is 5.53. The Hall–Kier alpha value is -3.21. The molecule has 0 bridgehead atoms. The van der Waals surface area contributed by atoms with Crippen molar-refractivity contribution in [2.24, 2.45) is 4.36 Å². The van der Waals surface area contributed by atoms with Gasteiger partial charge in [-0.2, -0.15) is 13.9 Å². The summed E-state index contributed by atoms with van der Waals surface area (Å²) in [5, 5.41) is 5.04. The fourth-order valence-corrected chi connectivity index (χ4v) is 4.07. The van der Waals surface area contributed by atoms with Crippen molar-refractivity contribution in [1.82, 2.24) is 14.8 Å². The van der Waals surface area contributed by atoms with Crippen LogP contribution in [0.15, 0.2) is 52.1 Å². The first-order chi connectivity index (χ1) is 14.4. The van der Waals surface area contributed by atoms with Gasteiger partial charge in [-0.1, -0.05) is 30.3 Å². The van der Waals surface area contributed by atoms with E-state index in [2.05, 4.69) is 19.8 Å². The number of carbonyl (C=O) groups is 1. The van der Waals surface area contributed by atoms with Crippen molar-refractivity contribution in [1.29, 1.82) is 0 Å². The van der Waals surface area contributed by atoms with Crippen LogP contribution in [0.4, 0.5) is 23.7 Å². The minimum Gasteiger partial charge on any atom is -0.305 e. The number of anilines is 1. The lowest BCUT2D eigenvalue weighted by atomic mass is 10.0. The van der Waals surface area contributed by atoms with E-state index in [1.165, 1.54) is 0 Å². The summed E-state index contributed by atoms with van der Waals surface area (Å²) in [6.07, 6.45) is 4.42. The van der Waals surface area contributed by atoms with Crippen molar-refractivity contribution in [3.05, 3.63) is 59.8 Å². The zero-order valence-electron chi connectivity index (χ0n) is 15.4. The number of hydrogen-bond donors (Lipinski definition) is 2. The van der Waals surface area contributed by atoms with Gasteiger partial charge in [-0.25, -0.2) is 18.1 Å². The first-order valence-corrected chi connectivity index (χ1v) is 10.2. The summed E-state index contributed by atoms with van der Waals surface area (Å²) in [4.78, 5) is 16.9. The largest absolute Gasteiger partial charge is 0.353 e. The third-order valence-electron chi connectivity index (χ3n) is 4.66. The number of rotatable bonds is 4. The van der Waals surface area contributed by atoms with Crippen LogP contribution in [0.3, 0.4) is 0 Å². The Labute approximate surface area is 171 Å². The molecule has 30 heavy (non-hydrogen) atoms. The zero-order valence-corrected chi connectivity index (χ0v) is 16.3. The van der Waals surface area contributed by atoms with E-state index in [1.54, 1.807) is 6.20 Å². The Morgan fingerprint density at radius 3 is 2.70 bits per heavy atom. The van der Waals surface area contributed by atoms with Crippen molar-refractivity contribution >= 4 is 22.3 Å². The van der Waals surface area contributed by atoms with Gasteiger partial charge in [-0.15, -0.1) is 4.36 Å². The molecule has 0 aliphatic heterocycles. The molecule has 3 aromatic rings. The van der Waals surface area contributed by atoms with E-state index in [9.17, 15) is 22.2 Å². The highest BCUT2D eigenvalue weighted by Crippen LogP contribution is 2.36. The highest BCUT2D eigenvalue weighted by molar-refractivity contribution is 7.75. The van der Waals surface area contributed by atoms with Crippen molar-refractivity contribution in [2.75, 3.05) is 5.32 Å². The molecule has 1 aromatic carbocycles. The molecule has 156 valence electrons. The van der Waals surface area contributed by atoms with Crippen molar-refractivity contribution < 1.29 is 22.2 Å². The molecule has 0 saturated carbocycles. The maximum Gasteiger partial charge on any atom is 0.353 e. The van der Waals surface area contributed by atoms with Crippen molar-refractivity contribution in [3.8, 4) is 11.1 Å². The van der Waals surface area contributed by atoms with Gasteiger partial charge in [-0.3, -0.25) is 4.98 Å². The monoisotopic (exact) mass is 435 g/mol. The maximum absolute atomic E-state index is 13.8. The Balaban J connectivity index is 1.67. The SMILES string of the molecule is O=C(/N=[SH](=O)/c1nn(C(F)F)cc1F)Nc1c(-c2ccccc2)cnc2c1CCC2. The highest BCUT2D eigenvalue weighted by Gasteiger charge is 2.22. The number of halogens is 3. The molecular weight excluding hydrogens is 419 g/mol. The molecular formula is C19H16F3N5O2S. The van der Waals surface area contributed by atoms with E-state index in [4.69, 9.17) is 0 Å².